The summed E-state index contributed by atoms with van der Waals surface area (Å²) in [7, 11) is 0. The van der Waals surface area contributed by atoms with Crippen molar-refractivity contribution < 1.29 is 0 Å². The molecule has 0 radical (unpaired) electrons. The third-order valence-electron chi connectivity index (χ3n) is 1.73. The number of rotatable bonds is 3. The minimum atomic E-state index is -0.171. The van der Waals surface area contributed by atoms with Gasteiger partial charge >= 0.3 is 0 Å². The van der Waals surface area contributed by atoms with Crippen LogP contribution in [-0.2, 0) is 0 Å². The zero-order valence-electron chi connectivity index (χ0n) is 6.11. The largest absolute Gasteiger partial charge is 0.261 e. The van der Waals surface area contributed by atoms with Gasteiger partial charge in [-0.2, -0.15) is 0 Å². The second-order valence-corrected chi connectivity index (χ2v) is 6.27. The molecular weight excluding hydrogens is 135 g/mol. The van der Waals surface area contributed by atoms with Gasteiger partial charge < -0.3 is 0 Å². The molecule has 0 aliphatic heterocycles. The van der Waals surface area contributed by atoms with Crippen LogP contribution in [0.2, 0.25) is 15.8 Å². The molecule has 0 spiro atoms. The van der Waals surface area contributed by atoms with Crippen molar-refractivity contribution in [2.45, 2.75) is 36.6 Å². The van der Waals surface area contributed by atoms with E-state index >= 15 is 0 Å². The van der Waals surface area contributed by atoms with Gasteiger partial charge in [0.1, 0.15) is 0 Å². The Hall–Kier alpha value is 0.822. The van der Waals surface area contributed by atoms with Gasteiger partial charge in [-0.15, -0.1) is 12.4 Å². The van der Waals surface area contributed by atoms with Gasteiger partial charge in [-0.25, -0.2) is 0 Å². The van der Waals surface area contributed by atoms with Crippen LogP contribution < -0.4 is 0 Å². The number of halogens is 1. The van der Waals surface area contributed by atoms with E-state index in [9.17, 15) is 0 Å². The summed E-state index contributed by atoms with van der Waals surface area (Å²) in [5.41, 5.74) is 0. The first-order valence-corrected chi connectivity index (χ1v) is 5.80. The second kappa shape index (κ2) is 7.82. The molecule has 0 aromatic carbocycles. The highest BCUT2D eigenvalue weighted by Crippen LogP contribution is 2.01. The Morgan fingerprint density at radius 3 is 1.12 bits per heavy atom. The molecule has 0 bridgehead atoms. The van der Waals surface area contributed by atoms with Gasteiger partial charge in [-0.1, -0.05) is 36.6 Å². The summed E-state index contributed by atoms with van der Waals surface area (Å²) in [6.07, 6.45) is 0. The molecule has 0 saturated carbocycles. The third-order valence-corrected chi connectivity index (χ3v) is 5.20. The van der Waals surface area contributed by atoms with Crippen LogP contribution in [0.5, 0.6) is 0 Å². The van der Waals surface area contributed by atoms with E-state index in [-0.39, 0.29) is 26.6 Å². The summed E-state index contributed by atoms with van der Waals surface area (Å²) in [5.74, 6) is 0. The Morgan fingerprint density at radius 2 is 1.12 bits per heavy atom. The van der Waals surface area contributed by atoms with Crippen LogP contribution in [0.15, 0.2) is 0 Å². The molecule has 0 aromatic rings. The van der Waals surface area contributed by atoms with E-state index in [1.807, 2.05) is 0 Å². The van der Waals surface area contributed by atoms with Crippen molar-refractivity contribution in [2.75, 3.05) is 0 Å². The first-order chi connectivity index (χ1) is 3.35. The Morgan fingerprint density at radius 1 is 0.875 bits per heavy atom. The van der Waals surface area contributed by atoms with Crippen LogP contribution in [0.3, 0.4) is 0 Å². The van der Waals surface area contributed by atoms with Crippen molar-refractivity contribution in [3.8, 4) is 0 Å². The van der Waals surface area contributed by atoms with Crippen molar-refractivity contribution in [3.05, 3.63) is 0 Å². The summed E-state index contributed by atoms with van der Waals surface area (Å²) in [4.78, 5) is 0. The van der Waals surface area contributed by atoms with Gasteiger partial charge in [0, 0.05) is 0 Å². The maximum absolute atomic E-state index is 2.32. The van der Waals surface area contributed by atoms with Gasteiger partial charge in [0.2, 0.25) is 0 Å². The van der Waals surface area contributed by atoms with Crippen molar-refractivity contribution in [2.24, 2.45) is 0 Å². The molecule has 0 saturated heterocycles. The molecule has 0 aliphatic rings. The predicted octanol–water partition coefficient (Wildman–Crippen LogP) is 2.96. The Balaban J connectivity index is 0. The lowest BCUT2D eigenvalue weighted by Crippen LogP contribution is -2.04. The third kappa shape index (κ3) is 4.97. The molecule has 0 amide bonds. The average Bonchev–Trinajstić information content (AvgIpc) is 1.72. The molecule has 50 valence electrons. The van der Waals surface area contributed by atoms with E-state index in [2.05, 4.69) is 20.8 Å². The number of hydrogen-bond acceptors (Lipinski definition) is 0. The molecule has 0 heterocycles. The first-order valence-electron chi connectivity index (χ1n) is 3.35. The maximum atomic E-state index is 2.32. The Kier molecular flexibility index (Phi) is 11.3. The van der Waals surface area contributed by atoms with Crippen LogP contribution >= 0.6 is 12.4 Å². The fourth-order valence-electron chi connectivity index (χ4n) is 0.866. The van der Waals surface area contributed by atoms with Crippen LogP contribution in [0.4, 0.5) is 0 Å². The summed E-state index contributed by atoms with van der Waals surface area (Å²) < 4.78 is 0. The molecule has 0 unspecified atom stereocenters. The second-order valence-electron chi connectivity index (χ2n) is 2.09. The van der Waals surface area contributed by atoms with E-state index in [1.54, 1.807) is 0 Å². The monoisotopic (exact) mass is 150 g/mol. The smallest absolute Gasteiger partial charge is 0.147 e. The topological polar surface area (TPSA) is 0 Å². The van der Waals surface area contributed by atoms with E-state index in [1.165, 1.54) is 15.8 Å². The normalized spacial score (nSPS) is 7.88. The molecular formula is C6H16AlCl. The van der Waals surface area contributed by atoms with Crippen LogP contribution in [-0.4, -0.2) is 14.1 Å². The van der Waals surface area contributed by atoms with Crippen molar-refractivity contribution in [3.63, 3.8) is 0 Å². The first kappa shape index (κ1) is 11.6. The summed E-state index contributed by atoms with van der Waals surface area (Å²) in [5, 5.41) is 4.48. The van der Waals surface area contributed by atoms with Gasteiger partial charge in [-0.05, 0) is 0 Å². The highest BCUT2D eigenvalue weighted by Gasteiger charge is 2.05. The fourth-order valence-corrected chi connectivity index (χ4v) is 2.60. The minimum absolute atomic E-state index is 0. The minimum Gasteiger partial charge on any atom is -0.147 e. The standard InChI is InChI=1S/3C2H5.Al.ClH/c3*1-2;;/h3*1H2,2H3;;1H. The average molecular weight is 151 g/mol. The summed E-state index contributed by atoms with van der Waals surface area (Å²) >= 11 is -0.171. The molecule has 8 heavy (non-hydrogen) atoms. The molecule has 2 heteroatoms. The SMILES string of the molecule is C[CH2][Al]([CH2]C)[CH2]C.Cl. The lowest BCUT2D eigenvalue weighted by atomic mass is 10.9. The maximum Gasteiger partial charge on any atom is 0.261 e. The van der Waals surface area contributed by atoms with Crippen molar-refractivity contribution in [1.82, 2.24) is 0 Å². The van der Waals surface area contributed by atoms with Gasteiger partial charge in [0.05, 0.1) is 0 Å². The molecule has 0 atom stereocenters. The highest BCUT2D eigenvalue weighted by atomic mass is 35.5. The van der Waals surface area contributed by atoms with Gasteiger partial charge in [0.25, 0.3) is 14.1 Å². The lowest BCUT2D eigenvalue weighted by molar-refractivity contribution is 1.24. The number of hydrogen-bond donors (Lipinski definition) is 0. The van der Waals surface area contributed by atoms with Crippen LogP contribution in [0, 0.1) is 0 Å². The highest BCUT2D eigenvalue weighted by molar-refractivity contribution is 6.58. The summed E-state index contributed by atoms with van der Waals surface area (Å²) in [6.45, 7) is 6.97. The molecule has 0 fully saturated rings. The zero-order chi connectivity index (χ0) is 5.70. The van der Waals surface area contributed by atoms with E-state index in [4.69, 9.17) is 0 Å². The van der Waals surface area contributed by atoms with E-state index in [0.717, 1.165) is 0 Å². The summed E-state index contributed by atoms with van der Waals surface area (Å²) in [6, 6.07) is 0. The lowest BCUT2D eigenvalue weighted by Gasteiger charge is -1.97. The van der Waals surface area contributed by atoms with Crippen LogP contribution in [0.25, 0.3) is 0 Å². The molecule has 0 aromatic heterocycles. The molecule has 0 rings (SSSR count). The van der Waals surface area contributed by atoms with E-state index < -0.39 is 0 Å². The van der Waals surface area contributed by atoms with Gasteiger partial charge in [-0.3, -0.25) is 0 Å². The molecule has 0 nitrogen and oxygen atoms in total. The van der Waals surface area contributed by atoms with Gasteiger partial charge in [0.15, 0.2) is 0 Å². The zero-order valence-corrected chi connectivity index (χ0v) is 8.08. The van der Waals surface area contributed by atoms with Crippen LogP contribution in [0.1, 0.15) is 20.8 Å². The fraction of sp³-hybridized carbons (Fsp3) is 1.00. The Labute approximate surface area is 63.5 Å². The van der Waals surface area contributed by atoms with Crippen molar-refractivity contribution >= 4 is 26.6 Å². The van der Waals surface area contributed by atoms with Crippen molar-refractivity contribution in [1.29, 1.82) is 0 Å². The predicted molar refractivity (Wildman–Crippen MR) is 44.4 cm³/mol. The Bertz CT molecular complexity index is 30.0. The molecule has 0 aliphatic carbocycles. The van der Waals surface area contributed by atoms with E-state index in [0.29, 0.717) is 0 Å². The molecule has 0 N–H and O–H groups in total. The quantitative estimate of drug-likeness (QED) is 0.543.